The van der Waals surface area contributed by atoms with Gasteiger partial charge in [-0.05, 0) is 31.7 Å². The molecule has 0 bridgehead atoms. The van der Waals surface area contributed by atoms with Crippen LogP contribution in [0, 0.1) is 12.8 Å². The summed E-state index contributed by atoms with van der Waals surface area (Å²) >= 11 is 0. The Labute approximate surface area is 106 Å². The molecule has 1 atom stereocenters. The van der Waals surface area contributed by atoms with Crippen LogP contribution in [0.4, 0.5) is 0 Å². The zero-order valence-corrected chi connectivity index (χ0v) is 10.7. The number of furan rings is 1. The quantitative estimate of drug-likeness (QED) is 0.746. The van der Waals surface area contributed by atoms with Crippen molar-refractivity contribution in [3.8, 4) is 0 Å². The van der Waals surface area contributed by atoms with Gasteiger partial charge >= 0.3 is 5.97 Å². The number of carbonyl (C=O) groups is 1. The van der Waals surface area contributed by atoms with Crippen LogP contribution < -0.4 is 5.32 Å². The van der Waals surface area contributed by atoms with Crippen LogP contribution >= 0.6 is 0 Å². The van der Waals surface area contributed by atoms with Gasteiger partial charge in [-0.3, -0.25) is 0 Å². The standard InChI is InChI=1S/C13H19NO4/c1-8-11(13(16)17-2)5-10(18-8)6-14-7-12(15)9-3-4-9/h5,9,12,14-15H,3-4,6-7H2,1-2H3. The third-order valence-electron chi connectivity index (χ3n) is 3.19. The Kier molecular flexibility index (Phi) is 4.04. The molecule has 1 heterocycles. The molecule has 1 saturated carbocycles. The molecule has 0 aromatic carbocycles. The van der Waals surface area contributed by atoms with Crippen molar-refractivity contribution in [2.24, 2.45) is 5.92 Å². The molecule has 0 saturated heterocycles. The van der Waals surface area contributed by atoms with Gasteiger partial charge in [0.05, 0.1) is 19.8 Å². The molecule has 0 spiro atoms. The average Bonchev–Trinajstić information content (AvgIpc) is 3.13. The number of nitrogens with one attached hydrogen (secondary N) is 1. The minimum atomic E-state index is -0.388. The smallest absolute Gasteiger partial charge is 0.341 e. The van der Waals surface area contributed by atoms with E-state index in [9.17, 15) is 9.90 Å². The Morgan fingerprint density at radius 2 is 2.39 bits per heavy atom. The second-order valence-corrected chi connectivity index (χ2v) is 4.71. The van der Waals surface area contributed by atoms with E-state index in [1.165, 1.54) is 7.11 Å². The Morgan fingerprint density at radius 3 is 3.00 bits per heavy atom. The van der Waals surface area contributed by atoms with E-state index >= 15 is 0 Å². The monoisotopic (exact) mass is 253 g/mol. The maximum absolute atomic E-state index is 11.4. The molecular weight excluding hydrogens is 234 g/mol. The highest BCUT2D eigenvalue weighted by atomic mass is 16.5. The number of aliphatic hydroxyl groups is 1. The maximum Gasteiger partial charge on any atom is 0.341 e. The molecule has 5 heteroatoms. The molecule has 5 nitrogen and oxygen atoms in total. The molecular formula is C13H19NO4. The van der Waals surface area contributed by atoms with Crippen LogP contribution in [-0.2, 0) is 11.3 Å². The Balaban J connectivity index is 1.83. The van der Waals surface area contributed by atoms with E-state index in [2.05, 4.69) is 10.1 Å². The van der Waals surface area contributed by atoms with E-state index in [1.54, 1.807) is 13.0 Å². The summed E-state index contributed by atoms with van der Waals surface area (Å²) in [5, 5.41) is 12.8. The van der Waals surface area contributed by atoms with Crippen LogP contribution in [0.15, 0.2) is 10.5 Å². The second kappa shape index (κ2) is 5.54. The van der Waals surface area contributed by atoms with Crippen molar-refractivity contribution in [2.75, 3.05) is 13.7 Å². The Morgan fingerprint density at radius 1 is 1.67 bits per heavy atom. The zero-order valence-electron chi connectivity index (χ0n) is 10.7. The number of hydrogen-bond acceptors (Lipinski definition) is 5. The van der Waals surface area contributed by atoms with Crippen LogP contribution in [0.3, 0.4) is 0 Å². The van der Waals surface area contributed by atoms with Gasteiger partial charge in [-0.25, -0.2) is 4.79 Å². The van der Waals surface area contributed by atoms with Crippen LogP contribution in [0.25, 0.3) is 0 Å². The van der Waals surface area contributed by atoms with Crippen molar-refractivity contribution in [1.82, 2.24) is 5.32 Å². The highest BCUT2D eigenvalue weighted by Gasteiger charge is 2.29. The first kappa shape index (κ1) is 13.1. The highest BCUT2D eigenvalue weighted by Crippen LogP contribution is 2.32. The molecule has 1 unspecified atom stereocenters. The fraction of sp³-hybridized carbons (Fsp3) is 0.615. The molecule has 1 aromatic heterocycles. The zero-order chi connectivity index (χ0) is 13.1. The SMILES string of the molecule is COC(=O)c1cc(CNCC(O)C2CC2)oc1C. The van der Waals surface area contributed by atoms with Gasteiger partial charge in [0.1, 0.15) is 17.1 Å². The van der Waals surface area contributed by atoms with E-state index in [0.29, 0.717) is 36.1 Å². The van der Waals surface area contributed by atoms with E-state index in [1.807, 2.05) is 0 Å². The van der Waals surface area contributed by atoms with Crippen molar-refractivity contribution in [3.05, 3.63) is 23.2 Å². The van der Waals surface area contributed by atoms with Crippen LogP contribution in [0.5, 0.6) is 0 Å². The van der Waals surface area contributed by atoms with Crippen LogP contribution in [-0.4, -0.2) is 30.8 Å². The lowest BCUT2D eigenvalue weighted by molar-refractivity contribution is 0.0599. The van der Waals surface area contributed by atoms with Crippen molar-refractivity contribution in [2.45, 2.75) is 32.4 Å². The number of carbonyl (C=O) groups excluding carboxylic acids is 1. The van der Waals surface area contributed by atoms with Gasteiger partial charge in [0.25, 0.3) is 0 Å². The minimum Gasteiger partial charge on any atom is -0.465 e. The van der Waals surface area contributed by atoms with Gasteiger partial charge in [0.2, 0.25) is 0 Å². The van der Waals surface area contributed by atoms with Crippen LogP contribution in [0.2, 0.25) is 0 Å². The predicted molar refractivity (Wildman–Crippen MR) is 65.2 cm³/mol. The van der Waals surface area contributed by atoms with E-state index in [-0.39, 0.29) is 12.1 Å². The summed E-state index contributed by atoms with van der Waals surface area (Å²) in [6, 6.07) is 1.68. The maximum atomic E-state index is 11.4. The van der Waals surface area contributed by atoms with Gasteiger partial charge in [-0.1, -0.05) is 0 Å². The van der Waals surface area contributed by atoms with Crippen molar-refractivity contribution in [1.29, 1.82) is 0 Å². The summed E-state index contributed by atoms with van der Waals surface area (Å²) in [5.41, 5.74) is 0.456. The summed E-state index contributed by atoms with van der Waals surface area (Å²) in [5.74, 6) is 1.30. The van der Waals surface area contributed by atoms with E-state index in [0.717, 1.165) is 12.8 Å². The third-order valence-corrected chi connectivity index (χ3v) is 3.19. The summed E-state index contributed by atoms with van der Waals surface area (Å²) in [4.78, 5) is 11.4. The molecule has 0 aliphatic heterocycles. The fourth-order valence-corrected chi connectivity index (χ4v) is 1.93. The van der Waals surface area contributed by atoms with Gasteiger partial charge < -0.3 is 19.6 Å². The predicted octanol–water partition coefficient (Wildman–Crippen LogP) is 1.24. The van der Waals surface area contributed by atoms with E-state index < -0.39 is 0 Å². The number of hydrogen-bond donors (Lipinski definition) is 2. The van der Waals surface area contributed by atoms with Gasteiger partial charge in [0, 0.05) is 6.54 Å². The molecule has 100 valence electrons. The second-order valence-electron chi connectivity index (χ2n) is 4.71. The molecule has 1 aliphatic rings. The van der Waals surface area contributed by atoms with Gasteiger partial charge in [-0.15, -0.1) is 0 Å². The largest absolute Gasteiger partial charge is 0.465 e. The number of rotatable bonds is 6. The lowest BCUT2D eigenvalue weighted by atomic mass is 10.2. The molecule has 1 fully saturated rings. The molecule has 18 heavy (non-hydrogen) atoms. The summed E-state index contributed by atoms with van der Waals surface area (Å²) in [6.45, 7) is 2.79. The Hall–Kier alpha value is -1.33. The number of methoxy groups -OCH3 is 1. The Bertz CT molecular complexity index is 423. The summed E-state index contributed by atoms with van der Waals surface area (Å²) in [7, 11) is 1.35. The highest BCUT2D eigenvalue weighted by molar-refractivity contribution is 5.90. The van der Waals surface area contributed by atoms with Gasteiger partial charge in [0.15, 0.2) is 0 Å². The first-order valence-corrected chi connectivity index (χ1v) is 6.18. The number of esters is 1. The topological polar surface area (TPSA) is 71.7 Å². The molecule has 2 N–H and O–H groups in total. The lowest BCUT2D eigenvalue weighted by Crippen LogP contribution is -2.27. The number of ether oxygens (including phenoxy) is 1. The third kappa shape index (κ3) is 3.11. The van der Waals surface area contributed by atoms with Crippen molar-refractivity contribution in [3.63, 3.8) is 0 Å². The minimum absolute atomic E-state index is 0.277. The van der Waals surface area contributed by atoms with Crippen molar-refractivity contribution >= 4 is 5.97 Å². The van der Waals surface area contributed by atoms with Crippen LogP contribution in [0.1, 0.15) is 34.7 Å². The van der Waals surface area contributed by atoms with Crippen molar-refractivity contribution < 1.29 is 19.1 Å². The average molecular weight is 253 g/mol. The molecule has 0 amide bonds. The molecule has 0 radical (unpaired) electrons. The normalized spacial score (nSPS) is 16.6. The summed E-state index contributed by atoms with van der Waals surface area (Å²) in [6.07, 6.45) is 1.96. The number of aryl methyl sites for hydroxylation is 1. The van der Waals surface area contributed by atoms with Gasteiger partial charge in [-0.2, -0.15) is 0 Å². The number of aliphatic hydroxyl groups excluding tert-OH is 1. The first-order valence-electron chi connectivity index (χ1n) is 6.18. The fourth-order valence-electron chi connectivity index (χ4n) is 1.93. The first-order chi connectivity index (χ1) is 8.61. The van der Waals surface area contributed by atoms with E-state index in [4.69, 9.17) is 4.42 Å². The molecule has 1 aromatic rings. The lowest BCUT2D eigenvalue weighted by Gasteiger charge is -2.09. The molecule has 2 rings (SSSR count). The summed E-state index contributed by atoms with van der Waals surface area (Å²) < 4.78 is 10.1. The molecule has 1 aliphatic carbocycles.